The minimum absolute atomic E-state index is 0.0764. The van der Waals surface area contributed by atoms with Crippen molar-refractivity contribution in [1.29, 1.82) is 10.5 Å². The Hall–Kier alpha value is -6.16. The molecule has 0 aliphatic carbocycles. The number of phenols is 2. The molecule has 0 aliphatic heterocycles. The molecule has 4 N–H and O–H groups in total. The number of hydrogen-bond donors (Lipinski definition) is 4. The van der Waals surface area contributed by atoms with Crippen molar-refractivity contribution in [2.45, 2.75) is 12.8 Å². The number of amides is 2. The highest BCUT2D eigenvalue weighted by atomic mass is 16.6. The van der Waals surface area contributed by atoms with Gasteiger partial charge in [-0.25, -0.2) is 0 Å². The minimum atomic E-state index is -0.841. The maximum atomic E-state index is 12.4. The predicted octanol–water partition coefficient (Wildman–Crippen LogP) is 2.46. The van der Waals surface area contributed by atoms with E-state index in [2.05, 4.69) is 10.6 Å². The Morgan fingerprint density at radius 2 is 1.17 bits per heavy atom. The number of hydrogen-bond acceptors (Lipinski definition) is 12. The van der Waals surface area contributed by atoms with Gasteiger partial charge in [0.05, 0.1) is 24.1 Å². The summed E-state index contributed by atoms with van der Waals surface area (Å²) in [6, 6.07) is 7.80. The molecule has 0 radical (unpaired) electrons. The summed E-state index contributed by atoms with van der Waals surface area (Å²) in [7, 11) is 2.37. The molecule has 16 nitrogen and oxygen atoms in total. The molecule has 0 saturated carbocycles. The number of nitrogens with one attached hydrogen (secondary N) is 2. The lowest BCUT2D eigenvalue weighted by Gasteiger charge is -2.08. The van der Waals surface area contributed by atoms with Crippen LogP contribution in [0.1, 0.15) is 24.0 Å². The molecule has 0 atom stereocenters. The first-order valence-corrected chi connectivity index (χ1v) is 11.9. The third-order valence-corrected chi connectivity index (χ3v) is 5.51. The van der Waals surface area contributed by atoms with E-state index >= 15 is 0 Å². The number of phenolic OH excluding ortho intramolecular Hbond substituents is 2. The minimum Gasteiger partial charge on any atom is -0.500 e. The summed E-state index contributed by atoms with van der Waals surface area (Å²) in [6.07, 6.45) is 2.91. The van der Waals surface area contributed by atoms with Crippen molar-refractivity contribution in [3.05, 3.63) is 66.8 Å². The Kier molecular flexibility index (Phi) is 11.3. The molecular weight excluding hydrogens is 556 g/mol. The molecule has 0 bridgehead atoms. The Morgan fingerprint density at radius 1 is 0.810 bits per heavy atom. The van der Waals surface area contributed by atoms with Gasteiger partial charge in [0.25, 0.3) is 11.8 Å². The molecule has 0 spiro atoms. The number of benzene rings is 2. The van der Waals surface area contributed by atoms with Gasteiger partial charge in [-0.05, 0) is 48.3 Å². The van der Waals surface area contributed by atoms with Gasteiger partial charge in [0.1, 0.15) is 23.3 Å². The van der Waals surface area contributed by atoms with Crippen molar-refractivity contribution in [2.75, 3.05) is 27.3 Å². The zero-order valence-corrected chi connectivity index (χ0v) is 22.2. The van der Waals surface area contributed by atoms with E-state index in [0.717, 1.165) is 24.3 Å². The maximum absolute atomic E-state index is 12.4. The van der Waals surface area contributed by atoms with Gasteiger partial charge in [-0.1, -0.05) is 0 Å². The summed E-state index contributed by atoms with van der Waals surface area (Å²) in [4.78, 5) is 45.4. The number of nitrogens with zero attached hydrogens (tertiary/aromatic N) is 4. The maximum Gasteiger partial charge on any atom is 0.315 e. The second kappa shape index (κ2) is 14.8. The molecule has 218 valence electrons. The van der Waals surface area contributed by atoms with Crippen LogP contribution in [0.25, 0.3) is 12.2 Å². The van der Waals surface area contributed by atoms with E-state index in [9.17, 15) is 50.6 Å². The summed E-state index contributed by atoms with van der Waals surface area (Å²) in [6.45, 7) is 0.204. The van der Waals surface area contributed by atoms with Crippen molar-refractivity contribution >= 4 is 35.3 Å². The number of unbranched alkanes of at least 4 members (excludes halogenated alkanes) is 1. The van der Waals surface area contributed by atoms with Crippen molar-refractivity contribution < 1.29 is 39.1 Å². The highest BCUT2D eigenvalue weighted by Gasteiger charge is 2.21. The highest BCUT2D eigenvalue weighted by Crippen LogP contribution is 2.38. The molecule has 0 aromatic heterocycles. The second-order valence-electron chi connectivity index (χ2n) is 8.25. The Balaban J connectivity index is 1.95. The number of carbonyl (C=O) groups excluding carboxylic acids is 2. The quantitative estimate of drug-likeness (QED) is 0.0876. The third-order valence-electron chi connectivity index (χ3n) is 5.51. The molecule has 0 fully saturated rings. The standard InChI is InChI=1S/C26H24N6O10/c1-41-21-11-15(9-19(23(21)33)31(37)38)7-17(13-27)25(35)29-5-3-4-6-30-26(36)18(14-28)8-16-10-20(32(39)40)24(34)22(12-16)42-2/h7-12,33-34H,3-6H2,1-2H3,(H,29,35)(H,30,36)/b17-7+,18-8+. The molecule has 2 aromatic carbocycles. The number of nitro groups is 2. The van der Waals surface area contributed by atoms with Crippen molar-refractivity contribution in [2.24, 2.45) is 0 Å². The highest BCUT2D eigenvalue weighted by molar-refractivity contribution is 6.02. The first-order valence-electron chi connectivity index (χ1n) is 11.9. The van der Waals surface area contributed by atoms with Gasteiger partial charge < -0.3 is 30.3 Å². The van der Waals surface area contributed by atoms with E-state index in [-0.39, 0.29) is 46.9 Å². The summed E-state index contributed by atoms with van der Waals surface area (Å²) in [5.74, 6) is -3.34. The lowest BCUT2D eigenvalue weighted by atomic mass is 10.1. The average Bonchev–Trinajstić information content (AvgIpc) is 2.96. The topological polar surface area (TPSA) is 251 Å². The largest absolute Gasteiger partial charge is 0.500 e. The van der Waals surface area contributed by atoms with Crippen molar-refractivity contribution in [3.63, 3.8) is 0 Å². The van der Waals surface area contributed by atoms with Crippen LogP contribution in [0.4, 0.5) is 11.4 Å². The van der Waals surface area contributed by atoms with Crippen LogP contribution in [0.3, 0.4) is 0 Å². The smallest absolute Gasteiger partial charge is 0.315 e. The van der Waals surface area contributed by atoms with E-state index in [1.807, 2.05) is 0 Å². The number of ether oxygens (including phenoxy) is 2. The van der Waals surface area contributed by atoms with Crippen LogP contribution >= 0.6 is 0 Å². The molecule has 2 amide bonds. The molecular formula is C26H24N6O10. The van der Waals surface area contributed by atoms with E-state index in [4.69, 9.17) is 9.47 Å². The first-order chi connectivity index (χ1) is 20.0. The van der Waals surface area contributed by atoms with Gasteiger partial charge in [-0.15, -0.1) is 0 Å². The number of nitro benzene ring substituents is 2. The Morgan fingerprint density at radius 3 is 1.45 bits per heavy atom. The third kappa shape index (κ3) is 8.17. The zero-order chi connectivity index (χ0) is 31.4. The van der Waals surface area contributed by atoms with Crippen LogP contribution in [0.2, 0.25) is 0 Å². The Labute approximate surface area is 238 Å². The molecule has 2 aromatic rings. The molecule has 0 unspecified atom stereocenters. The fourth-order valence-electron chi connectivity index (χ4n) is 3.46. The van der Waals surface area contributed by atoms with Gasteiger partial charge in [0.2, 0.25) is 11.5 Å². The van der Waals surface area contributed by atoms with E-state index < -0.39 is 44.5 Å². The summed E-state index contributed by atoms with van der Waals surface area (Å²) < 4.78 is 9.79. The zero-order valence-electron chi connectivity index (χ0n) is 22.2. The predicted molar refractivity (Wildman–Crippen MR) is 145 cm³/mol. The van der Waals surface area contributed by atoms with Crippen LogP contribution in [-0.4, -0.2) is 59.2 Å². The number of rotatable bonds is 13. The van der Waals surface area contributed by atoms with E-state index in [1.165, 1.54) is 26.4 Å². The van der Waals surface area contributed by atoms with E-state index in [1.54, 1.807) is 12.1 Å². The lowest BCUT2D eigenvalue weighted by molar-refractivity contribution is -0.386. The molecule has 16 heteroatoms. The van der Waals surface area contributed by atoms with Crippen molar-refractivity contribution in [3.8, 4) is 35.1 Å². The molecule has 0 heterocycles. The normalized spacial score (nSPS) is 11.0. The van der Waals surface area contributed by atoms with Crippen LogP contribution in [0, 0.1) is 42.9 Å². The van der Waals surface area contributed by atoms with Gasteiger partial charge in [0.15, 0.2) is 11.5 Å². The van der Waals surface area contributed by atoms with Gasteiger partial charge >= 0.3 is 11.4 Å². The first kappa shape index (κ1) is 32.1. The molecule has 42 heavy (non-hydrogen) atoms. The molecule has 0 saturated heterocycles. The van der Waals surface area contributed by atoms with Gasteiger partial charge in [-0.2, -0.15) is 10.5 Å². The summed E-state index contributed by atoms with van der Waals surface area (Å²) in [5.41, 5.74) is -1.90. The monoisotopic (exact) mass is 580 g/mol. The number of nitriles is 2. The van der Waals surface area contributed by atoms with Gasteiger partial charge in [0, 0.05) is 25.2 Å². The summed E-state index contributed by atoms with van der Waals surface area (Å²) >= 11 is 0. The fourth-order valence-corrected chi connectivity index (χ4v) is 3.46. The van der Waals surface area contributed by atoms with E-state index in [0.29, 0.717) is 12.8 Å². The van der Waals surface area contributed by atoms with Gasteiger partial charge in [-0.3, -0.25) is 29.8 Å². The average molecular weight is 581 g/mol. The van der Waals surface area contributed by atoms with Crippen LogP contribution in [0.15, 0.2) is 35.4 Å². The van der Waals surface area contributed by atoms with Crippen LogP contribution in [0.5, 0.6) is 23.0 Å². The van der Waals surface area contributed by atoms with Crippen molar-refractivity contribution in [1.82, 2.24) is 10.6 Å². The second-order valence-corrected chi connectivity index (χ2v) is 8.25. The number of carbonyl (C=O) groups is 2. The van der Waals surface area contributed by atoms with Crippen LogP contribution in [-0.2, 0) is 9.59 Å². The summed E-state index contributed by atoms with van der Waals surface area (Å²) in [5, 5.41) is 65.8. The Bertz CT molecular complexity index is 1440. The molecule has 2 rings (SSSR count). The fraction of sp³-hybridized carbons (Fsp3) is 0.231. The SMILES string of the molecule is COc1cc(/C=C(\C#N)C(=O)NCCCCNC(=O)/C(C#N)=C/c2cc(OC)c(O)c([N+](=O)[O-])c2)cc([N+](=O)[O-])c1O. The number of methoxy groups -OCH3 is 2. The molecule has 0 aliphatic rings. The lowest BCUT2D eigenvalue weighted by Crippen LogP contribution is -2.28. The number of aromatic hydroxyl groups is 2. The van der Waals surface area contributed by atoms with Crippen LogP contribution < -0.4 is 20.1 Å².